The fraction of sp³-hybridized carbons (Fsp3) is 0.833. The first kappa shape index (κ1) is 17.2. The second kappa shape index (κ2) is 7.63. The third-order valence-corrected chi connectivity index (χ3v) is 3.47. The van der Waals surface area contributed by atoms with Gasteiger partial charge in [0.2, 0.25) is 11.8 Å². The summed E-state index contributed by atoms with van der Waals surface area (Å²) in [6.07, 6.45) is 0. The smallest absolute Gasteiger partial charge is 0.238 e. The molecular formula is C12H25N3O2S. The van der Waals surface area contributed by atoms with Crippen LogP contribution in [0.5, 0.6) is 0 Å². The third kappa shape index (κ3) is 6.86. The molecule has 1 atom stereocenters. The second-order valence-electron chi connectivity index (χ2n) is 5.21. The Labute approximate surface area is 114 Å². The highest BCUT2D eigenvalue weighted by molar-refractivity contribution is 8.00. The number of primary amides is 1. The van der Waals surface area contributed by atoms with E-state index in [1.807, 2.05) is 27.7 Å². The van der Waals surface area contributed by atoms with Crippen molar-refractivity contribution in [2.45, 2.75) is 52.2 Å². The zero-order valence-corrected chi connectivity index (χ0v) is 12.7. The maximum absolute atomic E-state index is 11.5. The van der Waals surface area contributed by atoms with E-state index in [0.29, 0.717) is 11.5 Å². The van der Waals surface area contributed by atoms with E-state index in [0.717, 1.165) is 0 Å². The average molecular weight is 275 g/mol. The molecular weight excluding hydrogens is 250 g/mol. The summed E-state index contributed by atoms with van der Waals surface area (Å²) >= 11 is 1.41. The number of carbonyl (C=O) groups excluding carboxylic acids is 2. The van der Waals surface area contributed by atoms with Crippen molar-refractivity contribution in [3.05, 3.63) is 0 Å². The molecule has 0 radical (unpaired) electrons. The lowest BCUT2D eigenvalue weighted by Crippen LogP contribution is -2.57. The van der Waals surface area contributed by atoms with Gasteiger partial charge in [-0.2, -0.15) is 0 Å². The van der Waals surface area contributed by atoms with Crippen molar-refractivity contribution in [1.82, 2.24) is 10.6 Å². The Balaban J connectivity index is 4.21. The Morgan fingerprint density at radius 3 is 2.17 bits per heavy atom. The van der Waals surface area contributed by atoms with Gasteiger partial charge in [0.05, 0.1) is 5.75 Å². The van der Waals surface area contributed by atoms with Gasteiger partial charge in [-0.1, -0.05) is 0 Å². The van der Waals surface area contributed by atoms with Crippen LogP contribution in [0.15, 0.2) is 0 Å². The molecule has 6 heteroatoms. The molecule has 0 aromatic carbocycles. The van der Waals surface area contributed by atoms with Crippen molar-refractivity contribution >= 4 is 23.6 Å². The zero-order valence-electron chi connectivity index (χ0n) is 11.9. The van der Waals surface area contributed by atoms with Crippen LogP contribution in [0.25, 0.3) is 0 Å². The molecule has 0 aliphatic carbocycles. The normalized spacial score (nSPS) is 14.6. The van der Waals surface area contributed by atoms with Crippen LogP contribution in [0.3, 0.4) is 0 Å². The van der Waals surface area contributed by atoms with E-state index in [1.165, 1.54) is 11.8 Å². The molecule has 4 N–H and O–H groups in total. The SMILES string of the molecule is CC(C)NC(=O)CSCC(C)(NC(C)C)C(N)=O. The number of carbonyl (C=O) groups is 2. The monoisotopic (exact) mass is 275 g/mol. The topological polar surface area (TPSA) is 84.2 Å². The Kier molecular flexibility index (Phi) is 7.32. The van der Waals surface area contributed by atoms with Crippen molar-refractivity contribution in [2.24, 2.45) is 5.73 Å². The van der Waals surface area contributed by atoms with Crippen LogP contribution in [0.1, 0.15) is 34.6 Å². The van der Waals surface area contributed by atoms with E-state index in [1.54, 1.807) is 6.92 Å². The summed E-state index contributed by atoms with van der Waals surface area (Å²) in [5, 5.41) is 5.95. The lowest BCUT2D eigenvalue weighted by atomic mass is 10.0. The summed E-state index contributed by atoms with van der Waals surface area (Å²) in [5.74, 6) is 0.395. The summed E-state index contributed by atoms with van der Waals surface area (Å²) in [6.45, 7) is 9.50. The number of amides is 2. The molecule has 0 aromatic rings. The molecule has 1 unspecified atom stereocenters. The van der Waals surface area contributed by atoms with Crippen LogP contribution in [0.2, 0.25) is 0 Å². The van der Waals surface area contributed by atoms with Crippen LogP contribution < -0.4 is 16.4 Å². The minimum Gasteiger partial charge on any atom is -0.368 e. The lowest BCUT2D eigenvalue weighted by Gasteiger charge is -2.29. The van der Waals surface area contributed by atoms with Crippen molar-refractivity contribution in [3.8, 4) is 0 Å². The number of hydrogen-bond acceptors (Lipinski definition) is 4. The van der Waals surface area contributed by atoms with Crippen LogP contribution >= 0.6 is 11.8 Å². The summed E-state index contributed by atoms with van der Waals surface area (Å²) in [6, 6.07) is 0.294. The second-order valence-corrected chi connectivity index (χ2v) is 6.20. The van der Waals surface area contributed by atoms with E-state index in [9.17, 15) is 9.59 Å². The minimum atomic E-state index is -0.781. The molecule has 0 saturated carbocycles. The van der Waals surface area contributed by atoms with Gasteiger partial charge in [-0.15, -0.1) is 11.8 Å². The molecule has 0 fully saturated rings. The number of nitrogens with two attached hydrogens (primary N) is 1. The molecule has 2 amide bonds. The van der Waals surface area contributed by atoms with Gasteiger partial charge >= 0.3 is 0 Å². The predicted octanol–water partition coefficient (Wildman–Crippen LogP) is 0.486. The van der Waals surface area contributed by atoms with Gasteiger partial charge in [-0.3, -0.25) is 9.59 Å². The van der Waals surface area contributed by atoms with Crippen LogP contribution in [-0.4, -0.2) is 40.9 Å². The molecule has 18 heavy (non-hydrogen) atoms. The quantitative estimate of drug-likeness (QED) is 0.602. The minimum absolute atomic E-state index is 0.0219. The standard InChI is InChI=1S/C12H25N3O2S/c1-8(2)14-10(16)6-18-7-12(5,11(13)17)15-9(3)4/h8-9,15H,6-7H2,1-5H3,(H2,13,17)(H,14,16). The highest BCUT2D eigenvalue weighted by atomic mass is 32.2. The fourth-order valence-electron chi connectivity index (χ4n) is 1.53. The summed E-state index contributed by atoms with van der Waals surface area (Å²) < 4.78 is 0. The molecule has 106 valence electrons. The first-order valence-electron chi connectivity index (χ1n) is 6.12. The number of thioether (sulfide) groups is 1. The van der Waals surface area contributed by atoms with Crippen LogP contribution in [0.4, 0.5) is 0 Å². The molecule has 0 bridgehead atoms. The van der Waals surface area contributed by atoms with E-state index in [4.69, 9.17) is 5.73 Å². The maximum Gasteiger partial charge on any atom is 0.238 e. The van der Waals surface area contributed by atoms with Crippen molar-refractivity contribution in [2.75, 3.05) is 11.5 Å². The third-order valence-electron chi connectivity index (χ3n) is 2.22. The number of nitrogens with one attached hydrogen (secondary N) is 2. The Morgan fingerprint density at radius 2 is 1.78 bits per heavy atom. The van der Waals surface area contributed by atoms with Crippen molar-refractivity contribution in [3.63, 3.8) is 0 Å². The molecule has 0 aliphatic heterocycles. The number of rotatable bonds is 8. The van der Waals surface area contributed by atoms with Crippen molar-refractivity contribution in [1.29, 1.82) is 0 Å². The first-order chi connectivity index (χ1) is 8.17. The summed E-state index contributed by atoms with van der Waals surface area (Å²) in [5.41, 5.74) is 4.62. The highest BCUT2D eigenvalue weighted by Gasteiger charge is 2.31. The van der Waals surface area contributed by atoms with E-state index in [-0.39, 0.29) is 18.0 Å². The summed E-state index contributed by atoms with van der Waals surface area (Å²) in [7, 11) is 0. The Hall–Kier alpha value is -0.750. The molecule has 0 rings (SSSR count). The molecule has 0 aliphatic rings. The van der Waals surface area contributed by atoms with Gasteiger partial charge in [-0.05, 0) is 34.6 Å². The number of hydrogen-bond donors (Lipinski definition) is 3. The average Bonchev–Trinajstić information content (AvgIpc) is 2.14. The van der Waals surface area contributed by atoms with E-state index >= 15 is 0 Å². The van der Waals surface area contributed by atoms with Gasteiger partial charge in [0.15, 0.2) is 0 Å². The maximum atomic E-state index is 11.5. The van der Waals surface area contributed by atoms with Gasteiger partial charge < -0.3 is 16.4 Å². The van der Waals surface area contributed by atoms with Crippen molar-refractivity contribution < 1.29 is 9.59 Å². The largest absolute Gasteiger partial charge is 0.368 e. The molecule has 0 aromatic heterocycles. The molecule has 5 nitrogen and oxygen atoms in total. The van der Waals surface area contributed by atoms with Crippen LogP contribution in [0, 0.1) is 0 Å². The van der Waals surface area contributed by atoms with E-state index < -0.39 is 11.4 Å². The lowest BCUT2D eigenvalue weighted by molar-refractivity contribution is -0.123. The first-order valence-corrected chi connectivity index (χ1v) is 7.27. The molecule has 0 spiro atoms. The molecule has 0 heterocycles. The molecule has 0 saturated heterocycles. The highest BCUT2D eigenvalue weighted by Crippen LogP contribution is 2.14. The fourth-order valence-corrected chi connectivity index (χ4v) is 2.54. The van der Waals surface area contributed by atoms with Gasteiger partial charge in [-0.25, -0.2) is 0 Å². The predicted molar refractivity (Wildman–Crippen MR) is 76.5 cm³/mol. The van der Waals surface area contributed by atoms with Gasteiger partial charge in [0, 0.05) is 17.8 Å². The Bertz CT molecular complexity index is 295. The van der Waals surface area contributed by atoms with Gasteiger partial charge in [0.25, 0.3) is 0 Å². The van der Waals surface area contributed by atoms with Gasteiger partial charge in [0.1, 0.15) is 5.54 Å². The summed E-state index contributed by atoms with van der Waals surface area (Å²) in [4.78, 5) is 22.9. The van der Waals surface area contributed by atoms with Crippen LogP contribution in [-0.2, 0) is 9.59 Å². The zero-order chi connectivity index (χ0) is 14.3. The Morgan fingerprint density at radius 1 is 1.22 bits per heavy atom. The van der Waals surface area contributed by atoms with E-state index in [2.05, 4.69) is 10.6 Å².